The van der Waals surface area contributed by atoms with Crippen LogP contribution in [0.15, 0.2) is 88.4 Å². The van der Waals surface area contributed by atoms with Gasteiger partial charge >= 0.3 is 0 Å². The van der Waals surface area contributed by atoms with Crippen LogP contribution in [0.1, 0.15) is 21.7 Å². The maximum absolute atomic E-state index is 12.6. The molecule has 1 heterocycles. The molecule has 5 nitrogen and oxygen atoms in total. The number of benzene rings is 3. The quantitative estimate of drug-likeness (QED) is 0.215. The number of para-hydroxylation sites is 1. The molecule has 0 atom stereocenters. The zero-order valence-corrected chi connectivity index (χ0v) is 19.4. The van der Waals surface area contributed by atoms with Crippen LogP contribution in [0.5, 0.6) is 5.75 Å². The molecule has 33 heavy (non-hydrogen) atoms. The first-order valence-electron chi connectivity index (χ1n) is 9.85. The predicted octanol–water partition coefficient (Wildman–Crippen LogP) is 7.25. The summed E-state index contributed by atoms with van der Waals surface area (Å²) in [5, 5.41) is 5.60. The highest BCUT2D eigenvalue weighted by molar-refractivity contribution is 6.36. The first-order valence-corrected chi connectivity index (χ1v) is 11.0. The van der Waals surface area contributed by atoms with Crippen molar-refractivity contribution in [3.05, 3.63) is 111 Å². The van der Waals surface area contributed by atoms with Crippen LogP contribution in [-0.2, 0) is 6.61 Å². The average Bonchev–Trinajstić information content (AvgIpc) is 3.27. The van der Waals surface area contributed by atoms with Crippen LogP contribution in [0.3, 0.4) is 0 Å². The maximum Gasteiger partial charge on any atom is 0.275 e. The molecule has 0 spiro atoms. The molecule has 0 aliphatic rings. The van der Waals surface area contributed by atoms with Gasteiger partial charge in [0.25, 0.3) is 5.91 Å². The summed E-state index contributed by atoms with van der Waals surface area (Å²) < 4.78 is 11.6. The Hall–Kier alpha value is -3.25. The third kappa shape index (κ3) is 5.76. The Kier molecular flexibility index (Phi) is 7.35. The molecule has 0 bridgehead atoms. The van der Waals surface area contributed by atoms with Gasteiger partial charge in [-0.2, -0.15) is 5.10 Å². The second kappa shape index (κ2) is 10.6. The average molecular weight is 500 g/mol. The molecule has 8 heteroatoms. The van der Waals surface area contributed by atoms with Crippen molar-refractivity contribution >= 4 is 46.9 Å². The molecular weight excluding hydrogens is 483 g/mol. The summed E-state index contributed by atoms with van der Waals surface area (Å²) in [6, 6.07) is 22.9. The number of carbonyl (C=O) groups excluding carboxylic acids is 1. The molecule has 3 aromatic carbocycles. The molecule has 1 aromatic heterocycles. The van der Waals surface area contributed by atoms with Crippen molar-refractivity contribution in [2.45, 2.75) is 6.61 Å². The molecule has 166 valence electrons. The zero-order chi connectivity index (χ0) is 23.2. The summed E-state index contributed by atoms with van der Waals surface area (Å²) in [6.07, 6.45) is 1.40. The van der Waals surface area contributed by atoms with E-state index < -0.39 is 5.91 Å². The number of halogens is 3. The van der Waals surface area contributed by atoms with E-state index in [1.54, 1.807) is 60.7 Å². The van der Waals surface area contributed by atoms with Gasteiger partial charge in [0.2, 0.25) is 0 Å². The molecule has 4 rings (SSSR count). The van der Waals surface area contributed by atoms with E-state index >= 15 is 0 Å². The van der Waals surface area contributed by atoms with E-state index in [9.17, 15) is 4.79 Å². The van der Waals surface area contributed by atoms with Gasteiger partial charge in [0.1, 0.15) is 23.9 Å². The van der Waals surface area contributed by atoms with Gasteiger partial charge in [-0.15, -0.1) is 0 Å². The lowest BCUT2D eigenvalue weighted by Gasteiger charge is -2.11. The second-order valence-electron chi connectivity index (χ2n) is 6.90. The Balaban J connectivity index is 1.41. The highest BCUT2D eigenvalue weighted by atomic mass is 35.5. The molecule has 0 radical (unpaired) electrons. The fourth-order valence-electron chi connectivity index (χ4n) is 3.02. The fourth-order valence-corrected chi connectivity index (χ4v) is 3.71. The largest absolute Gasteiger partial charge is 0.488 e. The second-order valence-corrected chi connectivity index (χ2v) is 8.15. The maximum atomic E-state index is 12.6. The zero-order valence-electron chi connectivity index (χ0n) is 17.1. The first-order chi connectivity index (χ1) is 16.0. The SMILES string of the molecule is O=C(N/N=C/c1ccc(-c2ccc(Cl)cc2Cl)o1)c1ccccc1OCc1ccccc1Cl. The third-order valence-corrected chi connectivity index (χ3v) is 5.57. The number of hydrazone groups is 1. The summed E-state index contributed by atoms with van der Waals surface area (Å²) >= 11 is 18.3. The Morgan fingerprint density at radius 2 is 1.73 bits per heavy atom. The van der Waals surface area contributed by atoms with Gasteiger partial charge in [0.05, 0.1) is 16.8 Å². The van der Waals surface area contributed by atoms with Gasteiger partial charge in [-0.3, -0.25) is 4.79 Å². The molecule has 0 saturated carbocycles. The number of hydrogen-bond donors (Lipinski definition) is 1. The van der Waals surface area contributed by atoms with Gasteiger partial charge in [-0.25, -0.2) is 5.43 Å². The summed E-state index contributed by atoms with van der Waals surface area (Å²) in [4.78, 5) is 12.6. The lowest BCUT2D eigenvalue weighted by Crippen LogP contribution is -2.18. The molecule has 1 N–H and O–H groups in total. The minimum Gasteiger partial charge on any atom is -0.488 e. The van der Waals surface area contributed by atoms with E-state index in [1.165, 1.54) is 6.21 Å². The molecule has 0 unspecified atom stereocenters. The van der Waals surface area contributed by atoms with Gasteiger partial charge < -0.3 is 9.15 Å². The lowest BCUT2D eigenvalue weighted by atomic mass is 10.2. The summed E-state index contributed by atoms with van der Waals surface area (Å²) in [7, 11) is 0. The number of carbonyl (C=O) groups is 1. The van der Waals surface area contributed by atoms with Gasteiger partial charge in [0, 0.05) is 21.2 Å². The van der Waals surface area contributed by atoms with Crippen LogP contribution < -0.4 is 10.2 Å². The van der Waals surface area contributed by atoms with Crippen molar-refractivity contribution in [3.63, 3.8) is 0 Å². The molecule has 0 aliphatic heterocycles. The van der Waals surface area contributed by atoms with Crippen molar-refractivity contribution in [2.24, 2.45) is 5.10 Å². The van der Waals surface area contributed by atoms with E-state index in [0.717, 1.165) is 5.56 Å². The monoisotopic (exact) mass is 498 g/mol. The molecule has 0 saturated heterocycles. The van der Waals surface area contributed by atoms with Crippen molar-refractivity contribution in [3.8, 4) is 17.1 Å². The van der Waals surface area contributed by atoms with Crippen molar-refractivity contribution in [1.82, 2.24) is 5.43 Å². The standard InChI is InChI=1S/C25H17Cl3N2O3/c26-17-9-11-19(22(28)13-17)24-12-10-18(33-24)14-29-30-25(31)20-6-2-4-8-23(20)32-15-16-5-1-3-7-21(16)27/h1-14H,15H2,(H,30,31)/b29-14+. The fraction of sp³-hybridized carbons (Fsp3) is 0.0400. The van der Waals surface area contributed by atoms with Crippen LogP contribution in [0.4, 0.5) is 0 Å². The Bertz CT molecular complexity index is 1320. The van der Waals surface area contributed by atoms with Gasteiger partial charge in [0.15, 0.2) is 0 Å². The summed E-state index contributed by atoms with van der Waals surface area (Å²) in [6.45, 7) is 0.232. The van der Waals surface area contributed by atoms with Crippen LogP contribution in [0.25, 0.3) is 11.3 Å². The molecule has 4 aromatic rings. The number of nitrogens with zero attached hydrogens (tertiary/aromatic N) is 1. The van der Waals surface area contributed by atoms with E-state index in [2.05, 4.69) is 10.5 Å². The van der Waals surface area contributed by atoms with Crippen LogP contribution in [-0.4, -0.2) is 12.1 Å². The van der Waals surface area contributed by atoms with Crippen LogP contribution in [0, 0.1) is 0 Å². The Morgan fingerprint density at radius 3 is 2.55 bits per heavy atom. The molecule has 0 aliphatic carbocycles. The van der Waals surface area contributed by atoms with Gasteiger partial charge in [-0.05, 0) is 48.5 Å². The number of nitrogens with one attached hydrogen (secondary N) is 1. The molecule has 0 fully saturated rings. The Labute approximate surface area is 205 Å². The number of furan rings is 1. The van der Waals surface area contributed by atoms with Crippen molar-refractivity contribution in [1.29, 1.82) is 0 Å². The number of amides is 1. The highest BCUT2D eigenvalue weighted by Crippen LogP contribution is 2.31. The smallest absolute Gasteiger partial charge is 0.275 e. The van der Waals surface area contributed by atoms with Crippen LogP contribution in [0.2, 0.25) is 15.1 Å². The molecular formula is C25H17Cl3N2O3. The van der Waals surface area contributed by atoms with Gasteiger partial charge in [-0.1, -0.05) is 65.1 Å². The topological polar surface area (TPSA) is 63.8 Å². The van der Waals surface area contributed by atoms with Crippen molar-refractivity contribution in [2.75, 3.05) is 0 Å². The lowest BCUT2D eigenvalue weighted by molar-refractivity contribution is 0.0950. The van der Waals surface area contributed by atoms with Crippen molar-refractivity contribution < 1.29 is 13.9 Å². The van der Waals surface area contributed by atoms with Crippen LogP contribution >= 0.6 is 34.8 Å². The number of rotatable bonds is 7. The predicted molar refractivity (Wildman–Crippen MR) is 131 cm³/mol. The van der Waals surface area contributed by atoms with E-state index in [-0.39, 0.29) is 6.61 Å². The minimum absolute atomic E-state index is 0.232. The number of hydrogen-bond acceptors (Lipinski definition) is 4. The Morgan fingerprint density at radius 1 is 0.939 bits per heavy atom. The normalized spacial score (nSPS) is 11.0. The summed E-state index contributed by atoms with van der Waals surface area (Å²) in [5.74, 6) is 0.999. The first kappa shape index (κ1) is 22.9. The van der Waals surface area contributed by atoms with E-state index in [0.29, 0.717) is 43.5 Å². The van der Waals surface area contributed by atoms with E-state index in [4.69, 9.17) is 44.0 Å². The number of ether oxygens (including phenoxy) is 1. The highest BCUT2D eigenvalue weighted by Gasteiger charge is 2.13. The summed E-state index contributed by atoms with van der Waals surface area (Å²) in [5.41, 5.74) is 4.35. The minimum atomic E-state index is -0.423. The van der Waals surface area contributed by atoms with E-state index in [1.807, 2.05) is 18.2 Å². The molecule has 1 amide bonds. The third-order valence-electron chi connectivity index (χ3n) is 4.65.